The number of carbonyl (C=O) groups excluding carboxylic acids is 2. The average Bonchev–Trinajstić information content (AvgIpc) is 2.30. The third-order valence-electron chi connectivity index (χ3n) is 1.79. The zero-order chi connectivity index (χ0) is 12.1. The standard InChI is InChI=1S/C10H9ClFNO3/c1-16-10(15)6-2-3-8(7(12)4-6)13-9(14)5-11/h2-4H,5H2,1H3,(H,13,14). The predicted molar refractivity (Wildman–Crippen MR) is 57.1 cm³/mol. The Hall–Kier alpha value is -1.62. The van der Waals surface area contributed by atoms with E-state index in [9.17, 15) is 14.0 Å². The first-order valence-corrected chi connectivity index (χ1v) is 4.85. The van der Waals surface area contributed by atoms with Crippen molar-refractivity contribution >= 4 is 29.2 Å². The number of carbonyl (C=O) groups is 2. The Morgan fingerprint density at radius 3 is 2.69 bits per heavy atom. The maximum absolute atomic E-state index is 13.4. The molecule has 1 rings (SSSR count). The molecule has 0 heterocycles. The van der Waals surface area contributed by atoms with Gasteiger partial charge in [-0.05, 0) is 18.2 Å². The number of benzene rings is 1. The smallest absolute Gasteiger partial charge is 0.337 e. The summed E-state index contributed by atoms with van der Waals surface area (Å²) >= 11 is 5.25. The molecule has 6 heteroatoms. The first-order chi connectivity index (χ1) is 7.58. The van der Waals surface area contributed by atoms with Gasteiger partial charge in [0.15, 0.2) is 0 Å². The summed E-state index contributed by atoms with van der Waals surface area (Å²) in [6.07, 6.45) is 0. The molecule has 1 aromatic rings. The molecule has 0 aromatic heterocycles. The lowest BCUT2D eigenvalue weighted by molar-refractivity contribution is -0.113. The van der Waals surface area contributed by atoms with Crippen molar-refractivity contribution in [1.82, 2.24) is 0 Å². The van der Waals surface area contributed by atoms with E-state index < -0.39 is 17.7 Å². The second-order valence-electron chi connectivity index (χ2n) is 2.87. The van der Waals surface area contributed by atoms with E-state index in [2.05, 4.69) is 10.1 Å². The van der Waals surface area contributed by atoms with Crippen LogP contribution in [-0.4, -0.2) is 24.9 Å². The number of nitrogens with one attached hydrogen (secondary N) is 1. The van der Waals surface area contributed by atoms with Crippen LogP contribution in [0.4, 0.5) is 10.1 Å². The number of hydrogen-bond acceptors (Lipinski definition) is 3. The molecule has 0 atom stereocenters. The maximum Gasteiger partial charge on any atom is 0.337 e. The SMILES string of the molecule is COC(=O)c1ccc(NC(=O)CCl)c(F)c1. The Morgan fingerprint density at radius 2 is 2.19 bits per heavy atom. The van der Waals surface area contributed by atoms with Crippen LogP contribution in [0.3, 0.4) is 0 Å². The zero-order valence-corrected chi connectivity index (χ0v) is 9.18. The molecule has 4 nitrogen and oxygen atoms in total. The van der Waals surface area contributed by atoms with Crippen molar-refractivity contribution in [1.29, 1.82) is 0 Å². The Bertz CT molecular complexity index is 423. The van der Waals surface area contributed by atoms with Gasteiger partial charge in [-0.3, -0.25) is 4.79 Å². The van der Waals surface area contributed by atoms with Gasteiger partial charge in [0.25, 0.3) is 0 Å². The summed E-state index contributed by atoms with van der Waals surface area (Å²) in [6, 6.07) is 3.60. The third-order valence-corrected chi connectivity index (χ3v) is 2.03. The van der Waals surface area contributed by atoms with Crippen LogP contribution in [0, 0.1) is 5.82 Å². The molecule has 16 heavy (non-hydrogen) atoms. The van der Waals surface area contributed by atoms with Crippen molar-refractivity contribution in [2.45, 2.75) is 0 Å². The molecule has 0 bridgehead atoms. The zero-order valence-electron chi connectivity index (χ0n) is 8.42. The van der Waals surface area contributed by atoms with Crippen LogP contribution in [0.1, 0.15) is 10.4 Å². The van der Waals surface area contributed by atoms with Crippen LogP contribution in [-0.2, 0) is 9.53 Å². The number of hydrogen-bond donors (Lipinski definition) is 1. The quantitative estimate of drug-likeness (QED) is 0.653. The fraction of sp³-hybridized carbons (Fsp3) is 0.200. The van der Waals surface area contributed by atoms with Gasteiger partial charge in [0, 0.05) is 0 Å². The Labute approximate surface area is 96.3 Å². The molecule has 0 saturated heterocycles. The van der Waals surface area contributed by atoms with E-state index >= 15 is 0 Å². The summed E-state index contributed by atoms with van der Waals surface area (Å²) in [7, 11) is 1.20. The second kappa shape index (κ2) is 5.46. The minimum atomic E-state index is -0.721. The number of halogens is 2. The van der Waals surface area contributed by atoms with Crippen LogP contribution in [0.15, 0.2) is 18.2 Å². The number of methoxy groups -OCH3 is 1. The molecule has 0 saturated carbocycles. The van der Waals surface area contributed by atoms with Crippen molar-refractivity contribution in [2.75, 3.05) is 18.3 Å². The van der Waals surface area contributed by atoms with Gasteiger partial charge < -0.3 is 10.1 Å². The molecule has 0 spiro atoms. The number of ether oxygens (including phenoxy) is 1. The molecule has 0 unspecified atom stereocenters. The minimum absolute atomic E-state index is 0.0293. The molecule has 86 valence electrons. The fourth-order valence-electron chi connectivity index (χ4n) is 1.04. The van der Waals surface area contributed by atoms with Crippen molar-refractivity contribution < 1.29 is 18.7 Å². The van der Waals surface area contributed by atoms with E-state index in [0.717, 1.165) is 6.07 Å². The van der Waals surface area contributed by atoms with Gasteiger partial charge in [-0.2, -0.15) is 0 Å². The van der Waals surface area contributed by atoms with Crippen molar-refractivity contribution in [3.05, 3.63) is 29.6 Å². The lowest BCUT2D eigenvalue weighted by Gasteiger charge is -2.05. The van der Waals surface area contributed by atoms with Gasteiger partial charge in [0.05, 0.1) is 18.4 Å². The number of alkyl halides is 1. The largest absolute Gasteiger partial charge is 0.465 e. The van der Waals surface area contributed by atoms with E-state index in [1.165, 1.54) is 19.2 Å². The predicted octanol–water partition coefficient (Wildman–Crippen LogP) is 1.79. The number of anilines is 1. The Morgan fingerprint density at radius 1 is 1.50 bits per heavy atom. The molecule has 0 aliphatic rings. The summed E-state index contributed by atoms with van der Waals surface area (Å²) in [5.74, 6) is -2.15. The van der Waals surface area contributed by atoms with Gasteiger partial charge in [0.1, 0.15) is 11.7 Å². The van der Waals surface area contributed by atoms with E-state index in [-0.39, 0.29) is 17.1 Å². The molecular formula is C10H9ClFNO3. The van der Waals surface area contributed by atoms with Crippen LogP contribution in [0.2, 0.25) is 0 Å². The summed E-state index contributed by atoms with van der Waals surface area (Å²) < 4.78 is 17.8. The van der Waals surface area contributed by atoms with Gasteiger partial charge in [-0.25, -0.2) is 9.18 Å². The van der Waals surface area contributed by atoms with Gasteiger partial charge in [-0.15, -0.1) is 11.6 Å². The molecular weight excluding hydrogens is 237 g/mol. The van der Waals surface area contributed by atoms with E-state index in [1.807, 2.05) is 0 Å². The van der Waals surface area contributed by atoms with Crippen LogP contribution >= 0.6 is 11.6 Å². The topological polar surface area (TPSA) is 55.4 Å². The Balaban J connectivity index is 2.91. The number of rotatable bonds is 3. The highest BCUT2D eigenvalue weighted by Crippen LogP contribution is 2.16. The number of esters is 1. The van der Waals surface area contributed by atoms with Crippen molar-refractivity contribution in [2.24, 2.45) is 0 Å². The molecule has 0 aliphatic carbocycles. The second-order valence-corrected chi connectivity index (χ2v) is 3.14. The highest BCUT2D eigenvalue weighted by molar-refractivity contribution is 6.29. The summed E-state index contributed by atoms with van der Waals surface area (Å²) in [5, 5.41) is 2.25. The monoisotopic (exact) mass is 245 g/mol. The highest BCUT2D eigenvalue weighted by Gasteiger charge is 2.11. The lowest BCUT2D eigenvalue weighted by atomic mass is 10.2. The molecule has 1 aromatic carbocycles. The number of amides is 1. The molecule has 1 amide bonds. The molecule has 0 aliphatic heterocycles. The van der Waals surface area contributed by atoms with Gasteiger partial charge >= 0.3 is 5.97 Å². The van der Waals surface area contributed by atoms with Crippen LogP contribution in [0.5, 0.6) is 0 Å². The first kappa shape index (κ1) is 12.4. The summed E-state index contributed by atoms with van der Waals surface area (Å²) in [5.41, 5.74) is 0.0437. The first-order valence-electron chi connectivity index (χ1n) is 4.32. The van der Waals surface area contributed by atoms with Crippen LogP contribution in [0.25, 0.3) is 0 Å². The fourth-order valence-corrected chi connectivity index (χ4v) is 1.11. The van der Waals surface area contributed by atoms with E-state index in [0.29, 0.717) is 0 Å². The Kier molecular flexibility index (Phi) is 4.25. The molecule has 0 fully saturated rings. The minimum Gasteiger partial charge on any atom is -0.465 e. The lowest BCUT2D eigenvalue weighted by Crippen LogP contribution is -2.14. The van der Waals surface area contributed by atoms with Gasteiger partial charge in [-0.1, -0.05) is 0 Å². The molecule has 1 N–H and O–H groups in total. The average molecular weight is 246 g/mol. The van der Waals surface area contributed by atoms with E-state index in [4.69, 9.17) is 11.6 Å². The summed E-state index contributed by atoms with van der Waals surface area (Å²) in [6.45, 7) is 0. The van der Waals surface area contributed by atoms with Gasteiger partial charge in [0.2, 0.25) is 5.91 Å². The van der Waals surface area contributed by atoms with E-state index in [1.54, 1.807) is 0 Å². The van der Waals surface area contributed by atoms with Crippen molar-refractivity contribution in [3.63, 3.8) is 0 Å². The summed E-state index contributed by atoms with van der Waals surface area (Å²) in [4.78, 5) is 22.0. The maximum atomic E-state index is 13.4. The van der Waals surface area contributed by atoms with Crippen molar-refractivity contribution in [3.8, 4) is 0 Å². The third kappa shape index (κ3) is 2.93. The normalized spacial score (nSPS) is 9.69. The highest BCUT2D eigenvalue weighted by atomic mass is 35.5. The van der Waals surface area contributed by atoms with Crippen LogP contribution < -0.4 is 5.32 Å². The molecule has 0 radical (unpaired) electrons.